The van der Waals surface area contributed by atoms with Gasteiger partial charge in [0, 0.05) is 6.42 Å². The molecule has 0 atom stereocenters. The van der Waals surface area contributed by atoms with Crippen LogP contribution in [0.15, 0.2) is 22.6 Å². The summed E-state index contributed by atoms with van der Waals surface area (Å²) in [6.07, 6.45) is 1.44. The average molecular weight is 277 g/mol. The number of hydrogen-bond donors (Lipinski definition) is 1. The summed E-state index contributed by atoms with van der Waals surface area (Å²) in [5.74, 6) is 2.62. The minimum atomic E-state index is 0.247. The van der Waals surface area contributed by atoms with Gasteiger partial charge in [-0.3, -0.25) is 0 Å². The van der Waals surface area contributed by atoms with Gasteiger partial charge in [0.15, 0.2) is 6.61 Å². The van der Waals surface area contributed by atoms with Crippen LogP contribution in [-0.2, 0) is 19.4 Å². The van der Waals surface area contributed by atoms with Crippen molar-refractivity contribution in [2.45, 2.75) is 26.4 Å². The summed E-state index contributed by atoms with van der Waals surface area (Å²) in [6, 6.07) is 5.63. The van der Waals surface area contributed by atoms with Gasteiger partial charge in [-0.05, 0) is 36.7 Å². The van der Waals surface area contributed by atoms with Gasteiger partial charge in [0.2, 0.25) is 5.89 Å². The van der Waals surface area contributed by atoms with Gasteiger partial charge in [-0.25, -0.2) is 0 Å². The van der Waals surface area contributed by atoms with Crippen molar-refractivity contribution >= 4 is 0 Å². The monoisotopic (exact) mass is 277 g/mol. The maximum absolute atomic E-state index is 5.73. The molecule has 108 valence electrons. The smallest absolute Gasteiger partial charge is 0.253 e. The second-order valence-electron chi connectivity index (χ2n) is 4.24. The van der Waals surface area contributed by atoms with E-state index >= 15 is 0 Å². The van der Waals surface area contributed by atoms with Crippen molar-refractivity contribution in [1.29, 1.82) is 0 Å². The lowest BCUT2D eigenvalue weighted by atomic mass is 10.1. The molecule has 0 spiro atoms. The van der Waals surface area contributed by atoms with Crippen LogP contribution in [0.3, 0.4) is 0 Å². The zero-order chi connectivity index (χ0) is 14.4. The minimum Gasteiger partial charge on any atom is -0.497 e. The van der Waals surface area contributed by atoms with Gasteiger partial charge in [0.1, 0.15) is 11.5 Å². The lowest BCUT2D eigenvalue weighted by Gasteiger charge is -2.11. The van der Waals surface area contributed by atoms with Crippen molar-refractivity contribution in [3.63, 3.8) is 0 Å². The fraction of sp³-hybridized carbons (Fsp3) is 0.429. The second-order valence-corrected chi connectivity index (χ2v) is 4.24. The Labute approximate surface area is 117 Å². The van der Waals surface area contributed by atoms with Gasteiger partial charge in [0.25, 0.3) is 5.89 Å². The number of hydrogen-bond acceptors (Lipinski definition) is 6. The quantitative estimate of drug-likeness (QED) is 0.829. The standard InChI is InChI=1S/C14H19N3O3/c1-3-13-16-17-14(20-13)9-19-12-5-4-11(18-2)8-10(12)6-7-15/h4-5,8H,3,6-7,9,15H2,1-2H3. The van der Waals surface area contributed by atoms with E-state index in [4.69, 9.17) is 19.6 Å². The molecule has 0 saturated heterocycles. The Balaban J connectivity index is 2.07. The normalized spacial score (nSPS) is 10.6. The summed E-state index contributed by atoms with van der Waals surface area (Å²) in [6.45, 7) is 2.75. The van der Waals surface area contributed by atoms with Gasteiger partial charge >= 0.3 is 0 Å². The summed E-state index contributed by atoms with van der Waals surface area (Å²) in [7, 11) is 1.63. The Bertz CT molecular complexity index is 554. The SMILES string of the molecule is CCc1nnc(COc2ccc(OC)cc2CCN)o1. The number of benzene rings is 1. The van der Waals surface area contributed by atoms with Crippen LogP contribution in [-0.4, -0.2) is 23.9 Å². The molecule has 0 aliphatic heterocycles. The zero-order valence-corrected chi connectivity index (χ0v) is 11.8. The van der Waals surface area contributed by atoms with E-state index in [9.17, 15) is 0 Å². The van der Waals surface area contributed by atoms with E-state index in [0.29, 0.717) is 24.7 Å². The largest absolute Gasteiger partial charge is 0.497 e. The number of ether oxygens (including phenoxy) is 2. The topological polar surface area (TPSA) is 83.4 Å². The Morgan fingerprint density at radius 1 is 1.25 bits per heavy atom. The highest BCUT2D eigenvalue weighted by Gasteiger charge is 2.09. The Hall–Kier alpha value is -2.08. The molecule has 2 N–H and O–H groups in total. The van der Waals surface area contributed by atoms with E-state index in [-0.39, 0.29) is 6.61 Å². The number of rotatable bonds is 7. The van der Waals surface area contributed by atoms with E-state index in [1.165, 1.54) is 0 Å². The summed E-state index contributed by atoms with van der Waals surface area (Å²) in [4.78, 5) is 0. The van der Waals surface area contributed by atoms with Crippen LogP contribution in [0.1, 0.15) is 24.3 Å². The molecule has 2 rings (SSSR count). The van der Waals surface area contributed by atoms with Crippen molar-refractivity contribution in [2.75, 3.05) is 13.7 Å². The van der Waals surface area contributed by atoms with Crippen LogP contribution in [0, 0.1) is 0 Å². The van der Waals surface area contributed by atoms with Crippen molar-refractivity contribution in [1.82, 2.24) is 10.2 Å². The van der Waals surface area contributed by atoms with Crippen LogP contribution in [0.25, 0.3) is 0 Å². The highest BCUT2D eigenvalue weighted by atomic mass is 16.5. The minimum absolute atomic E-state index is 0.247. The van der Waals surface area contributed by atoms with Gasteiger partial charge in [-0.2, -0.15) is 0 Å². The maximum atomic E-state index is 5.73. The molecule has 0 bridgehead atoms. The Morgan fingerprint density at radius 2 is 2.05 bits per heavy atom. The first kappa shape index (κ1) is 14.3. The molecule has 20 heavy (non-hydrogen) atoms. The molecular formula is C14H19N3O3. The van der Waals surface area contributed by atoms with Crippen molar-refractivity contribution in [2.24, 2.45) is 5.73 Å². The highest BCUT2D eigenvalue weighted by Crippen LogP contribution is 2.25. The molecule has 0 amide bonds. The van der Waals surface area contributed by atoms with Crippen LogP contribution >= 0.6 is 0 Å². The van der Waals surface area contributed by atoms with Crippen LogP contribution in [0.5, 0.6) is 11.5 Å². The Morgan fingerprint density at radius 3 is 2.70 bits per heavy atom. The van der Waals surface area contributed by atoms with Crippen molar-refractivity contribution in [3.05, 3.63) is 35.5 Å². The molecule has 0 aliphatic carbocycles. The first-order valence-corrected chi connectivity index (χ1v) is 6.57. The van der Waals surface area contributed by atoms with E-state index in [1.807, 2.05) is 25.1 Å². The molecule has 0 saturated carbocycles. The molecule has 0 radical (unpaired) electrons. The van der Waals surface area contributed by atoms with Gasteiger partial charge < -0.3 is 19.6 Å². The summed E-state index contributed by atoms with van der Waals surface area (Å²) >= 11 is 0. The first-order chi connectivity index (χ1) is 9.76. The molecule has 0 aliphatic rings. The van der Waals surface area contributed by atoms with Gasteiger partial charge in [0.05, 0.1) is 7.11 Å². The van der Waals surface area contributed by atoms with E-state index in [2.05, 4.69) is 10.2 Å². The third-order valence-electron chi connectivity index (χ3n) is 2.84. The molecule has 0 fully saturated rings. The molecule has 1 aromatic heterocycles. The lowest BCUT2D eigenvalue weighted by Crippen LogP contribution is -2.06. The fourth-order valence-corrected chi connectivity index (χ4v) is 1.80. The van der Waals surface area contributed by atoms with Crippen molar-refractivity contribution in [3.8, 4) is 11.5 Å². The van der Waals surface area contributed by atoms with Gasteiger partial charge in [-0.1, -0.05) is 6.92 Å². The molecule has 6 heteroatoms. The fourth-order valence-electron chi connectivity index (χ4n) is 1.80. The molecular weight excluding hydrogens is 258 g/mol. The number of aromatic nitrogens is 2. The Kier molecular flexibility index (Phi) is 4.95. The first-order valence-electron chi connectivity index (χ1n) is 6.57. The van der Waals surface area contributed by atoms with Crippen LogP contribution < -0.4 is 15.2 Å². The number of nitrogens with zero attached hydrogens (tertiary/aromatic N) is 2. The molecule has 2 aromatic rings. The lowest BCUT2D eigenvalue weighted by molar-refractivity contribution is 0.256. The number of nitrogens with two attached hydrogens (primary N) is 1. The third kappa shape index (κ3) is 3.48. The average Bonchev–Trinajstić information content (AvgIpc) is 2.94. The highest BCUT2D eigenvalue weighted by molar-refractivity contribution is 5.40. The molecule has 1 aromatic carbocycles. The zero-order valence-electron chi connectivity index (χ0n) is 11.8. The predicted molar refractivity (Wildman–Crippen MR) is 73.8 cm³/mol. The summed E-state index contributed by atoms with van der Waals surface area (Å²) in [5.41, 5.74) is 6.61. The molecule has 0 unspecified atom stereocenters. The molecule has 6 nitrogen and oxygen atoms in total. The van der Waals surface area contributed by atoms with E-state index in [0.717, 1.165) is 23.5 Å². The van der Waals surface area contributed by atoms with Crippen LogP contribution in [0.2, 0.25) is 0 Å². The summed E-state index contributed by atoms with van der Waals surface area (Å²) in [5, 5.41) is 7.82. The van der Waals surface area contributed by atoms with Crippen LogP contribution in [0.4, 0.5) is 0 Å². The van der Waals surface area contributed by atoms with E-state index < -0.39 is 0 Å². The van der Waals surface area contributed by atoms with Gasteiger partial charge in [-0.15, -0.1) is 10.2 Å². The number of methoxy groups -OCH3 is 1. The maximum Gasteiger partial charge on any atom is 0.253 e. The second kappa shape index (κ2) is 6.91. The summed E-state index contributed by atoms with van der Waals surface area (Å²) < 4.78 is 16.3. The third-order valence-corrected chi connectivity index (χ3v) is 2.84. The number of aryl methyl sites for hydroxylation is 1. The predicted octanol–water partition coefficient (Wildman–Crippen LogP) is 1.72. The van der Waals surface area contributed by atoms with E-state index in [1.54, 1.807) is 7.11 Å². The molecule has 1 heterocycles. The van der Waals surface area contributed by atoms with Crippen molar-refractivity contribution < 1.29 is 13.9 Å².